The molecule has 2 aliphatic rings. The molecule has 0 spiro atoms. The van der Waals surface area contributed by atoms with Crippen LogP contribution < -0.4 is 14.2 Å². The topological polar surface area (TPSA) is 86.7 Å². The van der Waals surface area contributed by atoms with Gasteiger partial charge in [-0.05, 0) is 24.6 Å². The van der Waals surface area contributed by atoms with Gasteiger partial charge in [-0.3, -0.25) is 9.69 Å². The summed E-state index contributed by atoms with van der Waals surface area (Å²) in [5, 5.41) is 0.570. The highest BCUT2D eigenvalue weighted by atomic mass is 32.2. The molecule has 0 N–H and O–H groups in total. The maximum Gasteiger partial charge on any atom is 0.338 e. The fourth-order valence-corrected chi connectivity index (χ4v) is 4.35. The van der Waals surface area contributed by atoms with E-state index in [0.29, 0.717) is 51.4 Å². The Morgan fingerprint density at radius 3 is 2.32 bits per heavy atom. The molecule has 0 saturated carbocycles. The van der Waals surface area contributed by atoms with Crippen molar-refractivity contribution in [3.05, 3.63) is 29.0 Å². The number of esters is 1. The number of benzene rings is 1. The van der Waals surface area contributed by atoms with Crippen LogP contribution in [0.5, 0.6) is 17.2 Å². The van der Waals surface area contributed by atoms with Gasteiger partial charge in [0.05, 0.1) is 45.8 Å². The number of aliphatic imine (C=N–C) groups is 1. The fraction of sp³-hybridized carbons (Fsp3) is 0.421. The Balaban J connectivity index is 2.25. The molecule has 0 unspecified atom stereocenters. The number of ether oxygens (including phenoxy) is 4. The van der Waals surface area contributed by atoms with Crippen molar-refractivity contribution >= 4 is 28.8 Å². The molecule has 0 aromatic heterocycles. The van der Waals surface area contributed by atoms with Crippen LogP contribution in [0, 0.1) is 0 Å². The van der Waals surface area contributed by atoms with E-state index in [4.69, 9.17) is 18.9 Å². The van der Waals surface area contributed by atoms with Crippen LogP contribution in [0.2, 0.25) is 0 Å². The maximum absolute atomic E-state index is 12.8. The molecule has 28 heavy (non-hydrogen) atoms. The van der Waals surface area contributed by atoms with E-state index in [1.54, 1.807) is 24.0 Å². The van der Waals surface area contributed by atoms with Crippen LogP contribution >= 0.6 is 11.8 Å². The lowest BCUT2D eigenvalue weighted by molar-refractivity contribution is -0.137. The summed E-state index contributed by atoms with van der Waals surface area (Å²) in [7, 11) is 5.85. The zero-order valence-electron chi connectivity index (χ0n) is 16.4. The first-order valence-electron chi connectivity index (χ1n) is 8.59. The standard InChI is InChI=1S/C19H22N2O6S/c1-10-15(18(23)27-5)16(21-14(22)6-7-28-19(21)20-10)11-8-12(24-2)17(26-4)13(9-11)25-3/h8-9,16H,6-7H2,1-5H3/t16-/m0/s1. The maximum atomic E-state index is 12.8. The molecule has 0 radical (unpaired) electrons. The normalized spacial score (nSPS) is 19.0. The van der Waals surface area contributed by atoms with Gasteiger partial charge in [0.15, 0.2) is 16.7 Å². The third kappa shape index (κ3) is 3.30. The minimum Gasteiger partial charge on any atom is -0.493 e. The Hall–Kier alpha value is -2.68. The molecule has 3 rings (SSSR count). The van der Waals surface area contributed by atoms with Gasteiger partial charge < -0.3 is 18.9 Å². The molecule has 150 valence electrons. The first-order chi connectivity index (χ1) is 13.5. The van der Waals surface area contributed by atoms with Gasteiger partial charge in [-0.2, -0.15) is 0 Å². The minimum atomic E-state index is -0.700. The van der Waals surface area contributed by atoms with Crippen molar-refractivity contribution < 1.29 is 28.5 Å². The lowest BCUT2D eigenvalue weighted by Gasteiger charge is -2.39. The molecule has 1 amide bonds. The Morgan fingerprint density at radius 2 is 1.79 bits per heavy atom. The van der Waals surface area contributed by atoms with E-state index in [1.807, 2.05) is 0 Å². The lowest BCUT2D eigenvalue weighted by atomic mass is 9.93. The quantitative estimate of drug-likeness (QED) is 0.695. The van der Waals surface area contributed by atoms with Gasteiger partial charge in [-0.25, -0.2) is 9.79 Å². The van der Waals surface area contributed by atoms with Crippen LogP contribution in [0.25, 0.3) is 0 Å². The van der Waals surface area contributed by atoms with Crippen molar-refractivity contribution in [3.8, 4) is 17.2 Å². The van der Waals surface area contributed by atoms with Crippen molar-refractivity contribution in [1.29, 1.82) is 0 Å². The lowest BCUT2D eigenvalue weighted by Crippen LogP contribution is -2.45. The van der Waals surface area contributed by atoms with Gasteiger partial charge in [0.2, 0.25) is 11.7 Å². The summed E-state index contributed by atoms with van der Waals surface area (Å²) >= 11 is 1.48. The number of hydrogen-bond acceptors (Lipinski definition) is 8. The van der Waals surface area contributed by atoms with Crippen molar-refractivity contribution in [1.82, 2.24) is 4.90 Å². The first kappa shape index (κ1) is 20.1. The van der Waals surface area contributed by atoms with E-state index in [0.717, 1.165) is 0 Å². The highest BCUT2D eigenvalue weighted by Crippen LogP contribution is 2.45. The van der Waals surface area contributed by atoms with Crippen LogP contribution in [0.3, 0.4) is 0 Å². The number of carbonyl (C=O) groups is 2. The van der Waals surface area contributed by atoms with Crippen molar-refractivity contribution in [2.24, 2.45) is 4.99 Å². The Morgan fingerprint density at radius 1 is 1.14 bits per heavy atom. The van der Waals surface area contributed by atoms with E-state index >= 15 is 0 Å². The van der Waals surface area contributed by atoms with Crippen molar-refractivity contribution in [2.45, 2.75) is 19.4 Å². The highest BCUT2D eigenvalue weighted by molar-refractivity contribution is 8.14. The molecular formula is C19H22N2O6S. The van der Waals surface area contributed by atoms with Crippen molar-refractivity contribution in [2.75, 3.05) is 34.2 Å². The second kappa shape index (κ2) is 8.14. The van der Waals surface area contributed by atoms with Gasteiger partial charge in [-0.15, -0.1) is 0 Å². The third-order valence-corrected chi connectivity index (χ3v) is 5.57. The number of carbonyl (C=O) groups excluding carboxylic acids is 2. The monoisotopic (exact) mass is 406 g/mol. The number of rotatable bonds is 5. The summed E-state index contributed by atoms with van der Waals surface area (Å²) in [4.78, 5) is 31.4. The van der Waals surface area contributed by atoms with Crippen LogP contribution in [-0.2, 0) is 14.3 Å². The van der Waals surface area contributed by atoms with E-state index in [9.17, 15) is 9.59 Å². The predicted molar refractivity (Wildman–Crippen MR) is 105 cm³/mol. The Kier molecular flexibility index (Phi) is 5.83. The smallest absolute Gasteiger partial charge is 0.338 e. The molecule has 8 nitrogen and oxygen atoms in total. The molecule has 1 saturated heterocycles. The molecular weight excluding hydrogens is 384 g/mol. The molecule has 1 fully saturated rings. The highest BCUT2D eigenvalue weighted by Gasteiger charge is 2.42. The largest absolute Gasteiger partial charge is 0.493 e. The van der Waals surface area contributed by atoms with Crippen LogP contribution in [0.1, 0.15) is 24.9 Å². The number of hydrogen-bond donors (Lipinski definition) is 0. The Labute approximate surface area is 167 Å². The summed E-state index contributed by atoms with van der Waals surface area (Å²) in [5.41, 5.74) is 1.45. The summed E-state index contributed by atoms with van der Waals surface area (Å²) in [5.74, 6) is 1.29. The summed E-state index contributed by atoms with van der Waals surface area (Å²) < 4.78 is 21.3. The predicted octanol–water partition coefficient (Wildman–Crippen LogP) is 2.54. The molecule has 2 aliphatic heterocycles. The first-order valence-corrected chi connectivity index (χ1v) is 9.57. The summed E-state index contributed by atoms with van der Waals surface area (Å²) in [6.07, 6.45) is 0.359. The minimum absolute atomic E-state index is 0.106. The number of thioether (sulfide) groups is 1. The number of allylic oxidation sites excluding steroid dienone is 1. The molecule has 0 aliphatic carbocycles. The van der Waals surface area contributed by atoms with Gasteiger partial charge in [0.1, 0.15) is 0 Å². The molecule has 2 heterocycles. The second-order valence-corrected chi connectivity index (χ2v) is 7.17. The van der Waals surface area contributed by atoms with Crippen LogP contribution in [0.15, 0.2) is 28.4 Å². The van der Waals surface area contributed by atoms with Gasteiger partial charge in [0.25, 0.3) is 0 Å². The molecule has 0 bridgehead atoms. The number of methoxy groups -OCH3 is 4. The third-order valence-electron chi connectivity index (χ3n) is 4.61. The van der Waals surface area contributed by atoms with Gasteiger partial charge >= 0.3 is 5.97 Å². The molecule has 1 atom stereocenters. The number of nitrogens with zero attached hydrogens (tertiary/aromatic N) is 2. The average Bonchev–Trinajstić information content (AvgIpc) is 2.71. The van der Waals surface area contributed by atoms with Crippen molar-refractivity contribution in [3.63, 3.8) is 0 Å². The number of amides is 1. The SMILES string of the molecule is COC(=O)C1=C(C)N=C2SCCC(=O)N2[C@H]1c1cc(OC)c(OC)c(OC)c1. The fourth-order valence-electron chi connectivity index (χ4n) is 3.34. The number of amidine groups is 1. The van der Waals surface area contributed by atoms with Crippen LogP contribution in [0.4, 0.5) is 0 Å². The van der Waals surface area contributed by atoms with Gasteiger partial charge in [0, 0.05) is 12.2 Å². The Bertz CT molecular complexity index is 854. The summed E-state index contributed by atoms with van der Waals surface area (Å²) in [6, 6.07) is 2.77. The molecule has 9 heteroatoms. The van der Waals surface area contributed by atoms with Crippen LogP contribution in [-0.4, -0.2) is 56.1 Å². The zero-order valence-corrected chi connectivity index (χ0v) is 17.2. The summed E-state index contributed by atoms with van der Waals surface area (Å²) in [6.45, 7) is 1.74. The molecule has 1 aromatic carbocycles. The average molecular weight is 406 g/mol. The van der Waals surface area contributed by atoms with Gasteiger partial charge in [-0.1, -0.05) is 11.8 Å². The van der Waals surface area contributed by atoms with E-state index in [-0.39, 0.29) is 5.91 Å². The van der Waals surface area contributed by atoms with E-state index in [1.165, 1.54) is 40.2 Å². The second-order valence-electron chi connectivity index (χ2n) is 6.11. The molecule has 1 aromatic rings. The van der Waals surface area contributed by atoms with E-state index < -0.39 is 12.0 Å². The van der Waals surface area contributed by atoms with E-state index in [2.05, 4.69) is 4.99 Å². The zero-order chi connectivity index (χ0) is 20.4. The number of fused-ring (bicyclic) bond motifs is 1.